The third-order valence-corrected chi connectivity index (χ3v) is 5.69. The molecule has 1 saturated heterocycles. The van der Waals surface area contributed by atoms with Gasteiger partial charge in [-0.3, -0.25) is 0 Å². The Kier molecular flexibility index (Phi) is 5.65. The van der Waals surface area contributed by atoms with Gasteiger partial charge in [0.15, 0.2) is 11.6 Å². The number of nitrogens with one attached hydrogen (secondary N) is 1. The summed E-state index contributed by atoms with van der Waals surface area (Å²) in [5, 5.41) is 4.69. The number of nitrogen functional groups attached to an aromatic ring is 1. The minimum absolute atomic E-state index is 0.528. The van der Waals surface area contributed by atoms with Gasteiger partial charge in [-0.05, 0) is 42.8 Å². The first-order valence-electron chi connectivity index (χ1n) is 9.40. The zero-order valence-electron chi connectivity index (χ0n) is 16.1. The second-order valence-electron chi connectivity index (χ2n) is 7.00. The molecule has 0 aliphatic carbocycles. The Labute approximate surface area is 180 Å². The zero-order valence-corrected chi connectivity index (χ0v) is 17.6. The molecule has 0 unspecified atom stereocenters. The summed E-state index contributed by atoms with van der Waals surface area (Å²) in [7, 11) is 0. The maximum atomic E-state index is 6.40. The minimum atomic E-state index is 0.528. The number of piperazine rings is 1. The van der Waals surface area contributed by atoms with Crippen molar-refractivity contribution in [1.29, 1.82) is 0 Å². The summed E-state index contributed by atoms with van der Waals surface area (Å²) < 4.78 is 0. The number of nitrogens with zero attached hydrogens (tertiary/aromatic N) is 4. The second kappa shape index (κ2) is 8.35. The first-order valence-corrected chi connectivity index (χ1v) is 10.2. The molecule has 0 bridgehead atoms. The molecule has 6 nitrogen and oxygen atoms in total. The van der Waals surface area contributed by atoms with E-state index in [-0.39, 0.29) is 0 Å². The van der Waals surface area contributed by atoms with Crippen molar-refractivity contribution < 1.29 is 0 Å². The van der Waals surface area contributed by atoms with E-state index in [9.17, 15) is 0 Å². The Morgan fingerprint density at radius 2 is 1.72 bits per heavy atom. The molecule has 150 valence electrons. The van der Waals surface area contributed by atoms with E-state index in [0.717, 1.165) is 54.0 Å². The standard InChI is InChI=1S/C21H22Cl2N6/c1-14-5-6-16(12-18(14)23)27-20-19(24)21(26-13-25-20)29-9-7-28(8-10-29)17-4-2-3-15(22)11-17/h2-6,11-13H,7-10,24H2,1H3,(H,25,26,27). The van der Waals surface area contributed by atoms with E-state index in [1.165, 1.54) is 6.33 Å². The highest BCUT2D eigenvalue weighted by molar-refractivity contribution is 6.31. The van der Waals surface area contributed by atoms with Crippen molar-refractivity contribution in [3.05, 3.63) is 64.4 Å². The summed E-state index contributed by atoms with van der Waals surface area (Å²) in [6.07, 6.45) is 1.53. The highest BCUT2D eigenvalue weighted by Crippen LogP contribution is 2.31. The van der Waals surface area contributed by atoms with Crippen molar-refractivity contribution in [3.8, 4) is 0 Å². The Balaban J connectivity index is 1.48. The molecular weight excluding hydrogens is 407 g/mol. The fourth-order valence-electron chi connectivity index (χ4n) is 3.39. The largest absolute Gasteiger partial charge is 0.393 e. The molecule has 1 fully saturated rings. The van der Waals surface area contributed by atoms with Crippen molar-refractivity contribution >= 4 is 51.9 Å². The predicted octanol–water partition coefficient (Wildman–Crippen LogP) is 4.74. The summed E-state index contributed by atoms with van der Waals surface area (Å²) in [4.78, 5) is 13.2. The van der Waals surface area contributed by atoms with E-state index in [1.807, 2.05) is 43.3 Å². The van der Waals surface area contributed by atoms with E-state index in [1.54, 1.807) is 0 Å². The molecule has 2 aromatic carbocycles. The van der Waals surface area contributed by atoms with Crippen molar-refractivity contribution in [2.24, 2.45) is 0 Å². The summed E-state index contributed by atoms with van der Waals surface area (Å²) in [6, 6.07) is 13.7. The minimum Gasteiger partial charge on any atom is -0.393 e. The molecule has 0 spiro atoms. The predicted molar refractivity (Wildman–Crippen MR) is 122 cm³/mol. The van der Waals surface area contributed by atoms with Crippen LogP contribution in [0, 0.1) is 6.92 Å². The summed E-state index contributed by atoms with van der Waals surface area (Å²) >= 11 is 12.3. The van der Waals surface area contributed by atoms with Crippen LogP contribution < -0.4 is 20.9 Å². The Hall–Kier alpha value is -2.70. The fourth-order valence-corrected chi connectivity index (χ4v) is 3.76. The molecule has 29 heavy (non-hydrogen) atoms. The molecule has 0 radical (unpaired) electrons. The molecule has 0 saturated carbocycles. The molecule has 3 aromatic rings. The van der Waals surface area contributed by atoms with Gasteiger partial charge in [-0.1, -0.05) is 35.3 Å². The smallest absolute Gasteiger partial charge is 0.159 e. The third-order valence-electron chi connectivity index (χ3n) is 5.05. The number of halogens is 2. The number of aromatic nitrogens is 2. The summed E-state index contributed by atoms with van der Waals surface area (Å²) in [6.45, 7) is 5.31. The molecule has 0 atom stereocenters. The highest BCUT2D eigenvalue weighted by atomic mass is 35.5. The quantitative estimate of drug-likeness (QED) is 0.624. The first kappa shape index (κ1) is 19.6. The lowest BCUT2D eigenvalue weighted by Crippen LogP contribution is -2.47. The Bertz CT molecular complexity index is 1020. The van der Waals surface area contributed by atoms with E-state index >= 15 is 0 Å². The fraction of sp³-hybridized carbons (Fsp3) is 0.238. The number of nitrogens with two attached hydrogens (primary N) is 1. The number of hydrogen-bond acceptors (Lipinski definition) is 6. The van der Waals surface area contributed by atoms with E-state index in [2.05, 4.69) is 31.2 Å². The maximum Gasteiger partial charge on any atom is 0.159 e. The lowest BCUT2D eigenvalue weighted by Gasteiger charge is -2.37. The van der Waals surface area contributed by atoms with Crippen molar-refractivity contribution in [3.63, 3.8) is 0 Å². The number of anilines is 5. The number of aryl methyl sites for hydroxylation is 1. The second-order valence-corrected chi connectivity index (χ2v) is 7.85. The van der Waals surface area contributed by atoms with Gasteiger partial charge in [0.05, 0.1) is 0 Å². The average molecular weight is 429 g/mol. The van der Waals surface area contributed by atoms with Gasteiger partial charge in [-0.2, -0.15) is 0 Å². The van der Waals surface area contributed by atoms with Gasteiger partial charge in [-0.25, -0.2) is 9.97 Å². The van der Waals surface area contributed by atoms with Crippen molar-refractivity contribution in [2.45, 2.75) is 6.92 Å². The average Bonchev–Trinajstić information content (AvgIpc) is 2.72. The SMILES string of the molecule is Cc1ccc(Nc2ncnc(N3CCN(c4cccc(Cl)c4)CC3)c2N)cc1Cl. The lowest BCUT2D eigenvalue weighted by molar-refractivity contribution is 0.647. The first-order chi connectivity index (χ1) is 14.0. The van der Waals surface area contributed by atoms with Crippen LogP contribution in [0.5, 0.6) is 0 Å². The molecule has 3 N–H and O–H groups in total. The van der Waals surface area contributed by atoms with Crippen molar-refractivity contribution in [1.82, 2.24) is 9.97 Å². The van der Waals surface area contributed by atoms with Crippen LogP contribution in [0.2, 0.25) is 10.0 Å². The van der Waals surface area contributed by atoms with E-state index in [0.29, 0.717) is 16.5 Å². The number of benzene rings is 2. The molecule has 2 heterocycles. The molecule has 4 rings (SSSR count). The lowest BCUT2D eigenvalue weighted by atomic mass is 10.2. The van der Waals surface area contributed by atoms with Gasteiger partial charge in [0.25, 0.3) is 0 Å². The third kappa shape index (κ3) is 4.33. The van der Waals surface area contributed by atoms with Gasteiger partial charge in [0.1, 0.15) is 12.0 Å². The molecule has 8 heteroatoms. The molecule has 0 amide bonds. The van der Waals surface area contributed by atoms with Crippen LogP contribution in [0.25, 0.3) is 0 Å². The monoisotopic (exact) mass is 428 g/mol. The van der Waals surface area contributed by atoms with Crippen LogP contribution >= 0.6 is 23.2 Å². The number of rotatable bonds is 4. The topological polar surface area (TPSA) is 70.3 Å². The van der Waals surface area contributed by atoms with Gasteiger partial charge in [-0.15, -0.1) is 0 Å². The van der Waals surface area contributed by atoms with Gasteiger partial charge >= 0.3 is 0 Å². The van der Waals surface area contributed by atoms with Crippen LogP contribution in [0.4, 0.5) is 28.7 Å². The Morgan fingerprint density at radius 3 is 2.45 bits per heavy atom. The Morgan fingerprint density at radius 1 is 0.966 bits per heavy atom. The van der Waals surface area contributed by atoms with E-state index < -0.39 is 0 Å². The van der Waals surface area contributed by atoms with E-state index in [4.69, 9.17) is 28.9 Å². The normalized spacial score (nSPS) is 14.2. The summed E-state index contributed by atoms with van der Waals surface area (Å²) in [5.74, 6) is 1.32. The molecule has 1 aliphatic heterocycles. The highest BCUT2D eigenvalue weighted by Gasteiger charge is 2.21. The maximum absolute atomic E-state index is 6.40. The van der Waals surface area contributed by atoms with Crippen molar-refractivity contribution in [2.75, 3.05) is 47.0 Å². The van der Waals surface area contributed by atoms with Crippen LogP contribution in [-0.4, -0.2) is 36.1 Å². The summed E-state index contributed by atoms with van der Waals surface area (Å²) in [5.41, 5.74) is 9.92. The van der Waals surface area contributed by atoms with Crippen LogP contribution in [0.3, 0.4) is 0 Å². The van der Waals surface area contributed by atoms with Crippen LogP contribution in [-0.2, 0) is 0 Å². The zero-order chi connectivity index (χ0) is 20.4. The molecular formula is C21H22Cl2N6. The number of hydrogen-bond donors (Lipinski definition) is 2. The van der Waals surface area contributed by atoms with Gasteiger partial charge in [0.2, 0.25) is 0 Å². The molecule has 1 aliphatic rings. The van der Waals surface area contributed by atoms with Gasteiger partial charge < -0.3 is 20.9 Å². The molecule has 1 aromatic heterocycles. The van der Waals surface area contributed by atoms with Crippen LogP contribution in [0.15, 0.2) is 48.8 Å². The van der Waals surface area contributed by atoms with Gasteiger partial charge in [0, 0.05) is 47.6 Å². The van der Waals surface area contributed by atoms with Crippen LogP contribution in [0.1, 0.15) is 5.56 Å².